The van der Waals surface area contributed by atoms with Crippen molar-refractivity contribution in [1.29, 1.82) is 0 Å². The first-order chi connectivity index (χ1) is 9.91. The third-order valence-electron chi connectivity index (χ3n) is 3.37. The molecule has 1 aromatic heterocycles. The molecule has 1 atom stereocenters. The quantitative estimate of drug-likeness (QED) is 0.535. The lowest BCUT2D eigenvalue weighted by Crippen LogP contribution is -3.00. The van der Waals surface area contributed by atoms with E-state index in [0.29, 0.717) is 12.8 Å². The third-order valence-corrected chi connectivity index (χ3v) is 3.37. The summed E-state index contributed by atoms with van der Waals surface area (Å²) in [4.78, 5) is 24.0. The molecule has 0 amide bonds. The first kappa shape index (κ1) is 17.7. The number of aromatic nitrogens is 2. The van der Waals surface area contributed by atoms with Gasteiger partial charge in [-0.1, -0.05) is 23.6 Å². The molecule has 0 aliphatic heterocycles. The summed E-state index contributed by atoms with van der Waals surface area (Å²) in [6.07, 6.45) is 7.58. The van der Waals surface area contributed by atoms with Crippen LogP contribution < -0.4 is 22.1 Å². The molecule has 0 bridgehead atoms. The first-order valence-electron chi connectivity index (χ1n) is 6.39. The number of nitrogens with one attached hydrogen (secondary N) is 1. The summed E-state index contributed by atoms with van der Waals surface area (Å²) in [7, 11) is 0. The minimum absolute atomic E-state index is 0. The fourth-order valence-corrected chi connectivity index (χ4v) is 2.18. The minimum atomic E-state index is -1.14. The van der Waals surface area contributed by atoms with Gasteiger partial charge in [0.05, 0.1) is 11.5 Å². The van der Waals surface area contributed by atoms with Crippen molar-refractivity contribution in [2.24, 2.45) is 5.41 Å². The standard InChI is InChI=1S/C13H15N3O5.ClH/c1-13(4-2-3-10(9-13)16(19)20)5-8-21-11-14-6-7-15(11)12(17)18;/h2-4,6-7H,5,8-9H2,1H3,(H,17,18);1H. The Hall–Kier alpha value is -2.35. The Labute approximate surface area is 132 Å². The normalized spacial score (nSPS) is 20.0. The van der Waals surface area contributed by atoms with Crippen LogP contribution in [0.4, 0.5) is 4.79 Å². The van der Waals surface area contributed by atoms with E-state index in [2.05, 4.69) is 4.98 Å². The molecule has 0 fully saturated rings. The monoisotopic (exact) mass is 329 g/mol. The van der Waals surface area contributed by atoms with Crippen molar-refractivity contribution >= 4 is 6.09 Å². The average molecular weight is 330 g/mol. The number of nitrogens with zero attached hydrogens (tertiary/aromatic N) is 2. The highest BCUT2D eigenvalue weighted by Crippen LogP contribution is 2.34. The van der Waals surface area contributed by atoms with Gasteiger partial charge in [-0.3, -0.25) is 10.1 Å². The number of H-pyrrole nitrogens is 1. The molecular weight excluding hydrogens is 314 g/mol. The van der Waals surface area contributed by atoms with Crippen LogP contribution in [0.5, 0.6) is 6.01 Å². The molecule has 1 heterocycles. The highest BCUT2D eigenvalue weighted by Gasteiger charge is 2.30. The van der Waals surface area contributed by atoms with Crippen molar-refractivity contribution in [1.82, 2.24) is 4.57 Å². The average Bonchev–Trinajstić information content (AvgIpc) is 2.87. The van der Waals surface area contributed by atoms with Crippen molar-refractivity contribution in [2.75, 3.05) is 6.61 Å². The van der Waals surface area contributed by atoms with E-state index in [1.807, 2.05) is 13.0 Å². The smallest absolute Gasteiger partial charge is 0.512 e. The first-order valence-corrected chi connectivity index (χ1v) is 6.39. The van der Waals surface area contributed by atoms with Gasteiger partial charge in [-0.05, 0) is 11.8 Å². The number of carbonyl (C=O) groups is 1. The predicted molar refractivity (Wildman–Crippen MR) is 71.5 cm³/mol. The van der Waals surface area contributed by atoms with Gasteiger partial charge in [0.1, 0.15) is 12.4 Å². The summed E-state index contributed by atoms with van der Waals surface area (Å²) < 4.78 is 6.34. The molecule has 1 aromatic rings. The van der Waals surface area contributed by atoms with Crippen LogP contribution in [0.2, 0.25) is 0 Å². The molecule has 0 spiro atoms. The van der Waals surface area contributed by atoms with Crippen molar-refractivity contribution in [3.8, 4) is 6.01 Å². The van der Waals surface area contributed by atoms with Crippen LogP contribution in [0.3, 0.4) is 0 Å². The van der Waals surface area contributed by atoms with Gasteiger partial charge in [0.15, 0.2) is 0 Å². The number of hydrogen-bond donors (Lipinski definition) is 1. The molecule has 1 unspecified atom stereocenters. The minimum Gasteiger partial charge on any atom is -1.00 e. The molecule has 2 N–H and O–H groups in total. The number of hydrogen-bond acceptors (Lipinski definition) is 4. The molecule has 1 aliphatic rings. The molecule has 0 radical (unpaired) electrons. The van der Waals surface area contributed by atoms with Gasteiger partial charge < -0.3 is 22.3 Å². The Kier molecular flexibility index (Phi) is 5.69. The van der Waals surface area contributed by atoms with Crippen molar-refractivity contribution in [2.45, 2.75) is 19.8 Å². The molecule has 120 valence electrons. The molecule has 22 heavy (non-hydrogen) atoms. The summed E-state index contributed by atoms with van der Waals surface area (Å²) in [5.41, 5.74) is -0.210. The van der Waals surface area contributed by atoms with E-state index < -0.39 is 6.09 Å². The second kappa shape index (κ2) is 7.08. The number of nitro groups is 1. The van der Waals surface area contributed by atoms with E-state index >= 15 is 0 Å². The van der Waals surface area contributed by atoms with Crippen molar-refractivity contribution in [3.63, 3.8) is 0 Å². The summed E-state index contributed by atoms with van der Waals surface area (Å²) in [6.45, 7) is 2.16. The summed E-state index contributed by atoms with van der Waals surface area (Å²) in [6, 6.07) is 0.121. The summed E-state index contributed by atoms with van der Waals surface area (Å²) in [5, 5.41) is 19.7. The Morgan fingerprint density at radius 1 is 1.64 bits per heavy atom. The maximum Gasteiger partial charge on any atom is 0.512 e. The highest BCUT2D eigenvalue weighted by molar-refractivity contribution is 5.68. The number of aromatic amines is 1. The van der Waals surface area contributed by atoms with Crippen LogP contribution in [0.25, 0.3) is 0 Å². The third kappa shape index (κ3) is 4.08. The van der Waals surface area contributed by atoms with E-state index in [-0.39, 0.29) is 41.1 Å². The zero-order valence-electron chi connectivity index (χ0n) is 11.9. The lowest BCUT2D eigenvalue weighted by Gasteiger charge is -2.25. The fourth-order valence-electron chi connectivity index (χ4n) is 2.18. The zero-order chi connectivity index (χ0) is 15.5. The Bertz CT molecular complexity index is 625. The molecule has 2 rings (SSSR count). The molecule has 0 saturated heterocycles. The van der Waals surface area contributed by atoms with Gasteiger partial charge in [0, 0.05) is 12.5 Å². The van der Waals surface area contributed by atoms with Crippen molar-refractivity contribution < 1.29 is 37.0 Å². The molecule has 9 heteroatoms. The number of carboxylic acid groups (broad SMARTS) is 1. The molecule has 0 aromatic carbocycles. The topological polar surface area (TPSA) is 109 Å². The Morgan fingerprint density at radius 2 is 2.36 bits per heavy atom. The van der Waals surface area contributed by atoms with Gasteiger partial charge >= 0.3 is 12.1 Å². The van der Waals surface area contributed by atoms with E-state index in [1.54, 1.807) is 6.08 Å². The number of halogens is 1. The number of ether oxygens (including phenoxy) is 1. The van der Waals surface area contributed by atoms with Gasteiger partial charge in [-0.25, -0.2) is 4.98 Å². The molecule has 8 nitrogen and oxygen atoms in total. The second-order valence-electron chi connectivity index (χ2n) is 5.12. The van der Waals surface area contributed by atoms with Crippen molar-refractivity contribution in [3.05, 3.63) is 46.4 Å². The zero-order valence-corrected chi connectivity index (χ0v) is 12.6. The van der Waals surface area contributed by atoms with Crippen LogP contribution in [0.15, 0.2) is 36.3 Å². The maximum absolute atomic E-state index is 10.9. The van der Waals surface area contributed by atoms with Gasteiger partial charge in [-0.2, -0.15) is 4.79 Å². The predicted octanol–water partition coefficient (Wildman–Crippen LogP) is -1.27. The van der Waals surface area contributed by atoms with Gasteiger partial charge in [0.2, 0.25) is 5.70 Å². The Balaban J connectivity index is 0.00000242. The molecule has 0 saturated carbocycles. The van der Waals surface area contributed by atoms with E-state index in [0.717, 1.165) is 4.57 Å². The maximum atomic E-state index is 10.9. The van der Waals surface area contributed by atoms with Crippen LogP contribution in [-0.2, 0) is 0 Å². The SMILES string of the molecule is CC1(CCOc2[nH+]ccn2C(=O)O)C=CC=C([N+](=O)[O-])C1.[Cl-]. The van der Waals surface area contributed by atoms with E-state index in [9.17, 15) is 14.9 Å². The van der Waals surface area contributed by atoms with Crippen LogP contribution in [-0.4, -0.2) is 27.3 Å². The highest BCUT2D eigenvalue weighted by atomic mass is 35.5. The molecule has 1 aliphatic carbocycles. The lowest BCUT2D eigenvalue weighted by molar-refractivity contribution is -0.430. The molecular formula is C13H16ClN3O5. The van der Waals surface area contributed by atoms with Crippen LogP contribution in [0, 0.1) is 15.5 Å². The van der Waals surface area contributed by atoms with Gasteiger partial charge in [-0.15, -0.1) is 0 Å². The van der Waals surface area contributed by atoms with Gasteiger partial charge in [0.25, 0.3) is 0 Å². The summed E-state index contributed by atoms with van der Waals surface area (Å²) >= 11 is 0. The number of allylic oxidation sites excluding steroid dienone is 4. The fraction of sp³-hybridized carbons (Fsp3) is 0.385. The lowest BCUT2D eigenvalue weighted by atomic mass is 9.80. The van der Waals surface area contributed by atoms with E-state index in [1.165, 1.54) is 18.5 Å². The number of rotatable bonds is 5. The van der Waals surface area contributed by atoms with Crippen LogP contribution >= 0.6 is 0 Å². The largest absolute Gasteiger partial charge is 1.00 e. The summed E-state index contributed by atoms with van der Waals surface area (Å²) in [5.74, 6) is 0. The van der Waals surface area contributed by atoms with Crippen LogP contribution in [0.1, 0.15) is 19.8 Å². The number of imidazole rings is 1. The second-order valence-corrected chi connectivity index (χ2v) is 5.12. The van der Waals surface area contributed by atoms with E-state index in [4.69, 9.17) is 9.84 Å². The Morgan fingerprint density at radius 3 is 3.00 bits per heavy atom.